The zero-order chi connectivity index (χ0) is 13.0. The minimum atomic E-state index is -1.04. The second-order valence-corrected chi connectivity index (χ2v) is 4.01. The molecule has 0 fully saturated rings. The predicted molar refractivity (Wildman–Crippen MR) is 57.9 cm³/mol. The Morgan fingerprint density at radius 3 is 2.82 bits per heavy atom. The van der Waals surface area contributed by atoms with Crippen molar-refractivity contribution in [3.8, 4) is 0 Å². The van der Waals surface area contributed by atoms with Crippen LogP contribution < -0.4 is 5.69 Å². The number of carbonyl (C=O) groups is 2. The average Bonchev–Trinajstić information content (AvgIpc) is 2.65. The lowest BCUT2D eigenvalue weighted by molar-refractivity contribution is -0.144. The number of aromatic nitrogens is 3. The summed E-state index contributed by atoms with van der Waals surface area (Å²) in [7, 11) is 1.20. The SMILES string of the molecule is COC(=O)C(C)n1c(SCC(=O)O)n[nH]c1=O. The number of carboxylic acids is 1. The molecule has 0 radical (unpaired) electrons. The number of rotatable bonds is 5. The number of ether oxygens (including phenoxy) is 1. The third kappa shape index (κ3) is 3.09. The number of aromatic amines is 1. The standard InChI is InChI=1S/C8H11N3O5S/c1-4(6(14)16-2)11-7(15)9-10-8(11)17-3-5(12)13/h4H,3H2,1-2H3,(H,9,15)(H,12,13). The molecule has 0 aliphatic carbocycles. The summed E-state index contributed by atoms with van der Waals surface area (Å²) in [5.74, 6) is -1.90. The van der Waals surface area contributed by atoms with E-state index < -0.39 is 23.7 Å². The zero-order valence-corrected chi connectivity index (χ0v) is 9.98. The molecule has 0 aromatic carbocycles. The Labute approximate surface area is 100.0 Å². The molecule has 0 aliphatic heterocycles. The van der Waals surface area contributed by atoms with E-state index in [0.29, 0.717) is 0 Å². The van der Waals surface area contributed by atoms with Crippen molar-refractivity contribution in [1.29, 1.82) is 0 Å². The third-order valence-electron chi connectivity index (χ3n) is 1.93. The number of carboxylic acid groups (broad SMARTS) is 1. The maximum absolute atomic E-state index is 11.4. The van der Waals surface area contributed by atoms with Crippen LogP contribution in [-0.4, -0.2) is 44.7 Å². The number of aliphatic carboxylic acids is 1. The van der Waals surface area contributed by atoms with Gasteiger partial charge in [-0.3, -0.25) is 9.36 Å². The number of carbonyl (C=O) groups excluding carboxylic acids is 1. The molecular formula is C8H11N3O5S. The third-order valence-corrected chi connectivity index (χ3v) is 2.86. The van der Waals surface area contributed by atoms with Crippen LogP contribution in [0.2, 0.25) is 0 Å². The van der Waals surface area contributed by atoms with Crippen LogP contribution in [0.15, 0.2) is 9.95 Å². The Balaban J connectivity index is 2.97. The summed E-state index contributed by atoms with van der Waals surface area (Å²) in [5, 5.41) is 14.5. The van der Waals surface area contributed by atoms with Crippen molar-refractivity contribution in [2.45, 2.75) is 18.1 Å². The number of nitrogens with zero attached hydrogens (tertiary/aromatic N) is 2. The lowest BCUT2D eigenvalue weighted by Crippen LogP contribution is -2.27. The van der Waals surface area contributed by atoms with Crippen LogP contribution in [-0.2, 0) is 14.3 Å². The molecule has 0 spiro atoms. The van der Waals surface area contributed by atoms with E-state index >= 15 is 0 Å². The average molecular weight is 261 g/mol. The van der Waals surface area contributed by atoms with Gasteiger partial charge in [0.2, 0.25) is 0 Å². The van der Waals surface area contributed by atoms with E-state index in [1.807, 2.05) is 0 Å². The smallest absolute Gasteiger partial charge is 0.344 e. The number of esters is 1. The van der Waals surface area contributed by atoms with Gasteiger partial charge in [0.25, 0.3) is 0 Å². The second kappa shape index (κ2) is 5.53. The van der Waals surface area contributed by atoms with Crippen molar-refractivity contribution in [3.63, 3.8) is 0 Å². The highest BCUT2D eigenvalue weighted by Gasteiger charge is 2.22. The fourth-order valence-corrected chi connectivity index (χ4v) is 1.88. The molecule has 1 aromatic heterocycles. The molecular weight excluding hydrogens is 250 g/mol. The normalized spacial score (nSPS) is 12.1. The van der Waals surface area contributed by atoms with Crippen molar-refractivity contribution in [3.05, 3.63) is 10.5 Å². The molecule has 1 heterocycles. The van der Waals surface area contributed by atoms with Crippen molar-refractivity contribution in [2.24, 2.45) is 0 Å². The van der Waals surface area contributed by atoms with Gasteiger partial charge in [-0.1, -0.05) is 11.8 Å². The maximum Gasteiger partial charge on any atom is 0.344 e. The van der Waals surface area contributed by atoms with Crippen LogP contribution in [0, 0.1) is 0 Å². The molecule has 0 saturated heterocycles. The Hall–Kier alpha value is -1.77. The predicted octanol–water partition coefficient (Wildman–Crippen LogP) is -0.518. The highest BCUT2D eigenvalue weighted by molar-refractivity contribution is 7.99. The van der Waals surface area contributed by atoms with Crippen molar-refractivity contribution in [2.75, 3.05) is 12.9 Å². The summed E-state index contributed by atoms with van der Waals surface area (Å²) in [6.45, 7) is 1.47. The van der Waals surface area contributed by atoms with Gasteiger partial charge in [-0.15, -0.1) is 5.10 Å². The van der Waals surface area contributed by atoms with Gasteiger partial charge in [0.1, 0.15) is 6.04 Å². The summed E-state index contributed by atoms with van der Waals surface area (Å²) in [6, 6.07) is -0.859. The zero-order valence-electron chi connectivity index (χ0n) is 9.17. The molecule has 0 bridgehead atoms. The summed E-state index contributed by atoms with van der Waals surface area (Å²) in [4.78, 5) is 33.1. The number of hydrogen-bond donors (Lipinski definition) is 2. The molecule has 1 unspecified atom stereocenters. The van der Waals surface area contributed by atoms with E-state index in [4.69, 9.17) is 5.11 Å². The first-order valence-electron chi connectivity index (χ1n) is 4.56. The minimum Gasteiger partial charge on any atom is -0.481 e. The topological polar surface area (TPSA) is 114 Å². The number of thioether (sulfide) groups is 1. The Bertz CT molecular complexity index is 480. The fraction of sp³-hybridized carbons (Fsp3) is 0.500. The molecule has 1 atom stereocenters. The molecule has 1 rings (SSSR count). The molecule has 8 nitrogen and oxygen atoms in total. The van der Waals surface area contributed by atoms with E-state index in [1.54, 1.807) is 0 Å². The molecule has 0 aliphatic rings. The van der Waals surface area contributed by atoms with Crippen LogP contribution in [0.5, 0.6) is 0 Å². The molecule has 9 heteroatoms. The van der Waals surface area contributed by atoms with E-state index in [9.17, 15) is 14.4 Å². The van der Waals surface area contributed by atoms with Gasteiger partial charge < -0.3 is 9.84 Å². The highest BCUT2D eigenvalue weighted by Crippen LogP contribution is 2.17. The second-order valence-electron chi connectivity index (χ2n) is 3.06. The van der Waals surface area contributed by atoms with Gasteiger partial charge >= 0.3 is 17.6 Å². The van der Waals surface area contributed by atoms with Crippen molar-refractivity contribution in [1.82, 2.24) is 14.8 Å². The van der Waals surface area contributed by atoms with Crippen LogP contribution in [0.4, 0.5) is 0 Å². The van der Waals surface area contributed by atoms with Gasteiger partial charge in [-0.25, -0.2) is 14.7 Å². The monoisotopic (exact) mass is 261 g/mol. The van der Waals surface area contributed by atoms with Crippen LogP contribution >= 0.6 is 11.8 Å². The summed E-state index contributed by atoms with van der Waals surface area (Å²) in [6.07, 6.45) is 0. The molecule has 2 N–H and O–H groups in total. The van der Waals surface area contributed by atoms with Crippen LogP contribution in [0.3, 0.4) is 0 Å². The van der Waals surface area contributed by atoms with Crippen molar-refractivity contribution < 1.29 is 19.4 Å². The number of hydrogen-bond acceptors (Lipinski definition) is 6. The van der Waals surface area contributed by atoms with Crippen molar-refractivity contribution >= 4 is 23.7 Å². The fourth-order valence-electron chi connectivity index (χ4n) is 1.14. The minimum absolute atomic E-state index is 0.135. The van der Waals surface area contributed by atoms with E-state index in [2.05, 4.69) is 14.9 Å². The van der Waals surface area contributed by atoms with E-state index in [1.165, 1.54) is 14.0 Å². The summed E-state index contributed by atoms with van der Waals surface area (Å²) < 4.78 is 5.56. The first-order chi connectivity index (χ1) is 7.97. The molecule has 17 heavy (non-hydrogen) atoms. The quantitative estimate of drug-likeness (QED) is 0.541. The van der Waals surface area contributed by atoms with E-state index in [0.717, 1.165) is 16.3 Å². The summed E-state index contributed by atoms with van der Waals surface area (Å²) in [5.41, 5.74) is -0.587. The first kappa shape index (κ1) is 13.3. The Kier molecular flexibility index (Phi) is 4.32. The molecule has 1 aromatic rings. The molecule has 0 amide bonds. The first-order valence-corrected chi connectivity index (χ1v) is 5.55. The van der Waals surface area contributed by atoms with E-state index in [-0.39, 0.29) is 10.9 Å². The lowest BCUT2D eigenvalue weighted by atomic mass is 10.3. The van der Waals surface area contributed by atoms with Gasteiger partial charge in [0.05, 0.1) is 12.9 Å². The van der Waals surface area contributed by atoms with Gasteiger partial charge in [0, 0.05) is 0 Å². The highest BCUT2D eigenvalue weighted by atomic mass is 32.2. The number of nitrogens with one attached hydrogen (secondary N) is 1. The number of methoxy groups -OCH3 is 1. The van der Waals surface area contributed by atoms with Crippen LogP contribution in [0.25, 0.3) is 0 Å². The van der Waals surface area contributed by atoms with Gasteiger partial charge in [-0.2, -0.15) is 0 Å². The van der Waals surface area contributed by atoms with Gasteiger partial charge in [-0.05, 0) is 6.92 Å². The summed E-state index contributed by atoms with van der Waals surface area (Å²) >= 11 is 0.845. The number of H-pyrrole nitrogens is 1. The van der Waals surface area contributed by atoms with Gasteiger partial charge in [0.15, 0.2) is 5.16 Å². The Morgan fingerprint density at radius 2 is 2.29 bits per heavy atom. The molecule has 0 saturated carbocycles. The lowest BCUT2D eigenvalue weighted by Gasteiger charge is -2.10. The Morgan fingerprint density at radius 1 is 1.65 bits per heavy atom. The maximum atomic E-state index is 11.4. The van der Waals surface area contributed by atoms with Crippen LogP contribution in [0.1, 0.15) is 13.0 Å². The largest absolute Gasteiger partial charge is 0.481 e. The molecule has 94 valence electrons.